The van der Waals surface area contributed by atoms with Crippen LogP contribution in [0.2, 0.25) is 0 Å². The summed E-state index contributed by atoms with van der Waals surface area (Å²) in [6, 6.07) is 4.18. The van der Waals surface area contributed by atoms with E-state index < -0.39 is 25.1 Å². The first kappa shape index (κ1) is 16.0. The molecule has 5 nitrogen and oxygen atoms in total. The Hall–Kier alpha value is -1.07. The van der Waals surface area contributed by atoms with Crippen LogP contribution < -0.4 is 4.72 Å². The van der Waals surface area contributed by atoms with Gasteiger partial charge in [-0.3, -0.25) is 0 Å². The van der Waals surface area contributed by atoms with Crippen molar-refractivity contribution < 1.29 is 16.8 Å². The van der Waals surface area contributed by atoms with E-state index in [4.69, 9.17) is 17.1 Å². The van der Waals surface area contributed by atoms with Crippen LogP contribution in [-0.2, 0) is 19.1 Å². The minimum absolute atomic E-state index is 0.0551. The molecule has 104 valence electrons. The van der Waals surface area contributed by atoms with Gasteiger partial charge in [0.2, 0.25) is 10.0 Å². The minimum atomic E-state index is -3.87. The number of rotatable bonds is 5. The lowest BCUT2D eigenvalue weighted by Gasteiger charge is -2.11. The van der Waals surface area contributed by atoms with Crippen molar-refractivity contribution in [3.05, 3.63) is 24.3 Å². The summed E-state index contributed by atoms with van der Waals surface area (Å²) < 4.78 is 48.3. The molecule has 1 aromatic carbocycles. The predicted molar refractivity (Wildman–Crippen MR) is 72.7 cm³/mol. The standard InChI is InChI=1S/C11H12ClNO4S2/c1-3-4-9(2)13-19(16,17)11-7-5-10(6-8-11)18(12,14)15/h1,5-9,13H,4H2,2H3. The topological polar surface area (TPSA) is 80.3 Å². The summed E-state index contributed by atoms with van der Waals surface area (Å²) in [6.45, 7) is 1.63. The van der Waals surface area contributed by atoms with Crippen LogP contribution in [0.4, 0.5) is 0 Å². The largest absolute Gasteiger partial charge is 0.261 e. The fourth-order valence-electron chi connectivity index (χ4n) is 1.33. The van der Waals surface area contributed by atoms with Gasteiger partial charge in [-0.1, -0.05) is 0 Å². The van der Waals surface area contributed by atoms with E-state index in [0.717, 1.165) is 12.1 Å². The molecule has 0 amide bonds. The highest BCUT2D eigenvalue weighted by molar-refractivity contribution is 8.13. The molecule has 1 rings (SSSR count). The Morgan fingerprint density at radius 1 is 1.21 bits per heavy atom. The molecule has 0 aromatic heterocycles. The summed E-state index contributed by atoms with van der Waals surface area (Å²) in [5.74, 6) is 2.35. The fraction of sp³-hybridized carbons (Fsp3) is 0.273. The van der Waals surface area contributed by atoms with Gasteiger partial charge in [-0.15, -0.1) is 12.3 Å². The quantitative estimate of drug-likeness (QED) is 0.655. The molecule has 1 unspecified atom stereocenters. The van der Waals surface area contributed by atoms with Crippen LogP contribution in [0.3, 0.4) is 0 Å². The first-order chi connectivity index (χ1) is 8.66. The number of benzene rings is 1. The summed E-state index contributed by atoms with van der Waals surface area (Å²) in [4.78, 5) is -0.217. The van der Waals surface area contributed by atoms with E-state index in [1.807, 2.05) is 0 Å². The predicted octanol–water partition coefficient (Wildman–Crippen LogP) is 1.30. The van der Waals surface area contributed by atoms with Gasteiger partial charge in [0, 0.05) is 23.1 Å². The van der Waals surface area contributed by atoms with Gasteiger partial charge >= 0.3 is 0 Å². The zero-order valence-corrected chi connectivity index (χ0v) is 12.4. The van der Waals surface area contributed by atoms with E-state index >= 15 is 0 Å². The molecule has 0 spiro atoms. The first-order valence-electron chi connectivity index (χ1n) is 5.17. The van der Waals surface area contributed by atoms with Gasteiger partial charge in [-0.2, -0.15) is 0 Å². The van der Waals surface area contributed by atoms with E-state index in [0.29, 0.717) is 0 Å². The second-order valence-electron chi connectivity index (χ2n) is 3.84. The van der Waals surface area contributed by atoms with E-state index in [-0.39, 0.29) is 16.2 Å². The van der Waals surface area contributed by atoms with Crippen molar-refractivity contribution in [1.82, 2.24) is 4.72 Å². The zero-order chi connectivity index (χ0) is 14.7. The Morgan fingerprint density at radius 2 is 1.68 bits per heavy atom. The maximum Gasteiger partial charge on any atom is 0.261 e. The second kappa shape index (κ2) is 5.92. The fourth-order valence-corrected chi connectivity index (χ4v) is 3.35. The third-order valence-corrected chi connectivity index (χ3v) is 5.17. The van der Waals surface area contributed by atoms with E-state index in [1.54, 1.807) is 6.92 Å². The minimum Gasteiger partial charge on any atom is -0.207 e. The molecule has 0 heterocycles. The molecule has 0 fully saturated rings. The molecule has 1 aromatic rings. The van der Waals surface area contributed by atoms with Crippen LogP contribution in [-0.4, -0.2) is 22.9 Å². The Labute approximate surface area is 117 Å². The third kappa shape index (κ3) is 4.51. The van der Waals surface area contributed by atoms with Crippen molar-refractivity contribution in [2.45, 2.75) is 29.2 Å². The van der Waals surface area contributed by atoms with Gasteiger partial charge in [-0.25, -0.2) is 21.6 Å². The molecule has 0 saturated heterocycles. The number of halogens is 1. The smallest absolute Gasteiger partial charge is 0.207 e. The molecule has 0 bridgehead atoms. The van der Waals surface area contributed by atoms with Crippen molar-refractivity contribution in [1.29, 1.82) is 0 Å². The summed E-state index contributed by atoms with van der Waals surface area (Å²) >= 11 is 0. The monoisotopic (exact) mass is 321 g/mol. The Kier molecular flexibility index (Phi) is 4.98. The molecule has 0 aliphatic heterocycles. The van der Waals surface area contributed by atoms with E-state index in [9.17, 15) is 16.8 Å². The third-order valence-electron chi connectivity index (χ3n) is 2.20. The molecule has 0 aliphatic carbocycles. The van der Waals surface area contributed by atoms with Crippen LogP contribution in [0, 0.1) is 12.3 Å². The van der Waals surface area contributed by atoms with Gasteiger partial charge in [0.25, 0.3) is 9.05 Å². The van der Waals surface area contributed by atoms with Crippen molar-refractivity contribution in [2.24, 2.45) is 0 Å². The highest BCUT2D eigenvalue weighted by Gasteiger charge is 2.18. The summed E-state index contributed by atoms with van der Waals surface area (Å²) in [5, 5.41) is 0. The number of terminal acetylenes is 1. The summed E-state index contributed by atoms with van der Waals surface area (Å²) in [7, 11) is -2.46. The van der Waals surface area contributed by atoms with E-state index in [2.05, 4.69) is 10.6 Å². The SMILES string of the molecule is C#CCC(C)NS(=O)(=O)c1ccc(S(=O)(=O)Cl)cc1. The molecule has 0 aliphatic rings. The normalized spacial score (nSPS) is 13.7. The first-order valence-corrected chi connectivity index (χ1v) is 8.96. The van der Waals surface area contributed by atoms with Crippen molar-refractivity contribution >= 4 is 29.8 Å². The number of sulfonamides is 1. The Bertz CT molecular complexity index is 687. The average Bonchev–Trinajstić information content (AvgIpc) is 2.27. The number of nitrogens with one attached hydrogen (secondary N) is 1. The average molecular weight is 322 g/mol. The second-order valence-corrected chi connectivity index (χ2v) is 8.12. The molecule has 1 N–H and O–H groups in total. The lowest BCUT2D eigenvalue weighted by atomic mass is 10.3. The van der Waals surface area contributed by atoms with Crippen molar-refractivity contribution in [3.63, 3.8) is 0 Å². The van der Waals surface area contributed by atoms with Crippen LogP contribution in [0.25, 0.3) is 0 Å². The molecule has 8 heteroatoms. The zero-order valence-electron chi connectivity index (χ0n) is 10.00. The van der Waals surface area contributed by atoms with E-state index in [1.165, 1.54) is 12.1 Å². The van der Waals surface area contributed by atoms with Crippen LogP contribution in [0.5, 0.6) is 0 Å². The molecular weight excluding hydrogens is 310 g/mol. The highest BCUT2D eigenvalue weighted by Crippen LogP contribution is 2.18. The number of hydrogen-bond acceptors (Lipinski definition) is 4. The van der Waals surface area contributed by atoms with Crippen molar-refractivity contribution in [3.8, 4) is 12.3 Å². The summed E-state index contributed by atoms with van der Waals surface area (Å²) in [6.07, 6.45) is 5.35. The number of hydrogen-bond donors (Lipinski definition) is 1. The van der Waals surface area contributed by atoms with Crippen LogP contribution in [0.1, 0.15) is 13.3 Å². The molecule has 0 radical (unpaired) electrons. The maximum atomic E-state index is 11.9. The Balaban J connectivity index is 3.01. The Morgan fingerprint density at radius 3 is 2.11 bits per heavy atom. The van der Waals surface area contributed by atoms with Crippen molar-refractivity contribution in [2.75, 3.05) is 0 Å². The van der Waals surface area contributed by atoms with Gasteiger partial charge in [0.1, 0.15) is 0 Å². The highest BCUT2D eigenvalue weighted by atomic mass is 35.7. The van der Waals surface area contributed by atoms with Gasteiger partial charge in [0.15, 0.2) is 0 Å². The van der Waals surface area contributed by atoms with Crippen LogP contribution in [0.15, 0.2) is 34.1 Å². The molecular formula is C11H12ClNO4S2. The lowest BCUT2D eigenvalue weighted by Crippen LogP contribution is -2.32. The van der Waals surface area contributed by atoms with Gasteiger partial charge in [0.05, 0.1) is 9.79 Å². The molecule has 0 saturated carbocycles. The van der Waals surface area contributed by atoms with Gasteiger partial charge < -0.3 is 0 Å². The van der Waals surface area contributed by atoms with Crippen LogP contribution >= 0.6 is 10.7 Å². The lowest BCUT2D eigenvalue weighted by molar-refractivity contribution is 0.563. The van der Waals surface area contributed by atoms with Gasteiger partial charge in [-0.05, 0) is 31.2 Å². The summed E-state index contributed by atoms with van der Waals surface area (Å²) in [5.41, 5.74) is 0. The maximum absolute atomic E-state index is 11.9. The molecule has 1 atom stereocenters. The molecule has 19 heavy (non-hydrogen) atoms.